The number of aromatic nitrogens is 4. The molecule has 1 unspecified atom stereocenters. The zero-order valence-corrected chi connectivity index (χ0v) is 10.1. The van der Waals surface area contributed by atoms with Gasteiger partial charge in [-0.05, 0) is 13.0 Å². The van der Waals surface area contributed by atoms with Crippen molar-refractivity contribution in [1.29, 1.82) is 0 Å². The lowest BCUT2D eigenvalue weighted by Gasteiger charge is -2.13. The number of rotatable bonds is 5. The lowest BCUT2D eigenvalue weighted by atomic mass is 10.4. The summed E-state index contributed by atoms with van der Waals surface area (Å²) >= 11 is 0. The number of imidazole rings is 1. The van der Waals surface area contributed by atoms with Gasteiger partial charge in [0.25, 0.3) is 10.0 Å². The van der Waals surface area contributed by atoms with Gasteiger partial charge in [-0.1, -0.05) is 0 Å². The van der Waals surface area contributed by atoms with Gasteiger partial charge in [0.15, 0.2) is 5.03 Å². The fourth-order valence-electron chi connectivity index (χ4n) is 1.47. The van der Waals surface area contributed by atoms with Gasteiger partial charge in [-0.3, -0.25) is 5.10 Å². The van der Waals surface area contributed by atoms with E-state index in [0.717, 1.165) is 0 Å². The number of H-pyrrole nitrogens is 1. The lowest BCUT2D eigenvalue weighted by Crippen LogP contribution is -2.35. The monoisotopic (exact) mass is 255 g/mol. The summed E-state index contributed by atoms with van der Waals surface area (Å²) in [5.74, 6) is 0. The summed E-state index contributed by atoms with van der Waals surface area (Å²) in [6.07, 6.45) is 6.47. The normalized spacial score (nSPS) is 13.7. The highest BCUT2D eigenvalue weighted by Gasteiger charge is 2.18. The molecule has 0 saturated carbocycles. The molecule has 0 bridgehead atoms. The van der Waals surface area contributed by atoms with E-state index < -0.39 is 10.0 Å². The minimum absolute atomic E-state index is 0.0648. The van der Waals surface area contributed by atoms with E-state index >= 15 is 0 Å². The first-order valence-electron chi connectivity index (χ1n) is 5.05. The molecule has 8 heteroatoms. The average molecular weight is 255 g/mol. The topological polar surface area (TPSA) is 92.7 Å². The van der Waals surface area contributed by atoms with Crippen molar-refractivity contribution in [2.75, 3.05) is 0 Å². The van der Waals surface area contributed by atoms with Crippen molar-refractivity contribution in [1.82, 2.24) is 24.5 Å². The van der Waals surface area contributed by atoms with Gasteiger partial charge < -0.3 is 4.57 Å². The van der Waals surface area contributed by atoms with E-state index in [4.69, 9.17) is 0 Å². The van der Waals surface area contributed by atoms with E-state index in [-0.39, 0.29) is 11.1 Å². The zero-order chi connectivity index (χ0) is 12.3. The van der Waals surface area contributed by atoms with Crippen LogP contribution in [0.15, 0.2) is 36.0 Å². The number of nitrogens with one attached hydrogen (secondary N) is 2. The van der Waals surface area contributed by atoms with Crippen LogP contribution in [0.3, 0.4) is 0 Å². The first-order valence-corrected chi connectivity index (χ1v) is 6.54. The van der Waals surface area contributed by atoms with Gasteiger partial charge in [0.05, 0.1) is 12.5 Å². The fourth-order valence-corrected chi connectivity index (χ4v) is 2.61. The molecule has 0 fully saturated rings. The molecular formula is C9H13N5O2S. The van der Waals surface area contributed by atoms with Crippen LogP contribution in [0.1, 0.15) is 6.92 Å². The highest BCUT2D eigenvalue weighted by molar-refractivity contribution is 7.89. The van der Waals surface area contributed by atoms with Crippen molar-refractivity contribution in [2.24, 2.45) is 0 Å². The van der Waals surface area contributed by atoms with E-state index in [2.05, 4.69) is 19.9 Å². The van der Waals surface area contributed by atoms with E-state index in [1.807, 2.05) is 0 Å². The molecule has 0 radical (unpaired) electrons. The van der Waals surface area contributed by atoms with E-state index in [1.54, 1.807) is 30.2 Å². The maximum Gasteiger partial charge on any atom is 0.257 e. The predicted molar refractivity (Wildman–Crippen MR) is 60.6 cm³/mol. The van der Waals surface area contributed by atoms with Crippen LogP contribution in [-0.2, 0) is 16.6 Å². The molecule has 0 aliphatic heterocycles. The van der Waals surface area contributed by atoms with Gasteiger partial charge in [-0.25, -0.2) is 18.1 Å². The Bertz CT molecular complexity index is 546. The van der Waals surface area contributed by atoms with Gasteiger partial charge in [0.1, 0.15) is 0 Å². The maximum absolute atomic E-state index is 11.8. The summed E-state index contributed by atoms with van der Waals surface area (Å²) in [6, 6.07) is 1.17. The van der Waals surface area contributed by atoms with Crippen LogP contribution in [-0.4, -0.2) is 34.2 Å². The SMILES string of the molecule is CC(Cn1ccnc1)NS(=O)(=O)c1ccn[nH]1. The number of hydrogen-bond donors (Lipinski definition) is 2. The molecule has 17 heavy (non-hydrogen) atoms. The smallest absolute Gasteiger partial charge is 0.257 e. The van der Waals surface area contributed by atoms with Gasteiger partial charge in [-0.15, -0.1) is 0 Å². The van der Waals surface area contributed by atoms with E-state index in [0.29, 0.717) is 6.54 Å². The van der Waals surface area contributed by atoms with Crippen LogP contribution in [0, 0.1) is 0 Å². The second-order valence-electron chi connectivity index (χ2n) is 3.70. The third-order valence-corrected chi connectivity index (χ3v) is 3.68. The Morgan fingerprint density at radius 3 is 2.94 bits per heavy atom. The molecular weight excluding hydrogens is 242 g/mol. The predicted octanol–water partition coefficient (Wildman–Crippen LogP) is -0.0268. The first kappa shape index (κ1) is 11.8. The zero-order valence-electron chi connectivity index (χ0n) is 9.24. The third kappa shape index (κ3) is 2.92. The van der Waals surface area contributed by atoms with E-state index in [1.165, 1.54) is 12.3 Å². The number of nitrogens with zero attached hydrogens (tertiary/aromatic N) is 3. The fraction of sp³-hybridized carbons (Fsp3) is 0.333. The Labute approximate surface area is 98.9 Å². The number of aromatic amines is 1. The van der Waals surface area contributed by atoms with Crippen LogP contribution in [0.2, 0.25) is 0 Å². The molecule has 92 valence electrons. The molecule has 7 nitrogen and oxygen atoms in total. The van der Waals surface area contributed by atoms with Crippen LogP contribution >= 0.6 is 0 Å². The molecule has 2 heterocycles. The molecule has 0 aliphatic carbocycles. The van der Waals surface area contributed by atoms with Crippen molar-refractivity contribution >= 4 is 10.0 Å². The summed E-state index contributed by atoms with van der Waals surface area (Å²) in [7, 11) is -3.52. The summed E-state index contributed by atoms with van der Waals surface area (Å²) in [5, 5.41) is 6.10. The van der Waals surface area contributed by atoms with Gasteiger partial charge >= 0.3 is 0 Å². The van der Waals surface area contributed by atoms with Gasteiger partial charge in [0, 0.05) is 25.0 Å². The Hall–Kier alpha value is -1.67. The molecule has 0 amide bonds. The quantitative estimate of drug-likeness (QED) is 0.785. The maximum atomic E-state index is 11.8. The average Bonchev–Trinajstić information content (AvgIpc) is 2.87. The largest absolute Gasteiger partial charge is 0.336 e. The van der Waals surface area contributed by atoms with Crippen molar-refractivity contribution in [3.8, 4) is 0 Å². The van der Waals surface area contributed by atoms with Crippen molar-refractivity contribution < 1.29 is 8.42 Å². The minimum atomic E-state index is -3.52. The molecule has 2 rings (SSSR count). The minimum Gasteiger partial charge on any atom is -0.336 e. The molecule has 0 spiro atoms. The lowest BCUT2D eigenvalue weighted by molar-refractivity contribution is 0.518. The first-order chi connectivity index (χ1) is 8.08. The molecule has 0 aliphatic rings. The van der Waals surface area contributed by atoms with Crippen molar-refractivity contribution in [3.05, 3.63) is 31.0 Å². The highest BCUT2D eigenvalue weighted by atomic mass is 32.2. The van der Waals surface area contributed by atoms with Crippen molar-refractivity contribution in [3.63, 3.8) is 0 Å². The third-order valence-electron chi connectivity index (χ3n) is 2.16. The molecule has 0 saturated heterocycles. The molecule has 1 atom stereocenters. The highest BCUT2D eigenvalue weighted by Crippen LogP contribution is 2.04. The van der Waals surface area contributed by atoms with Crippen LogP contribution in [0.5, 0.6) is 0 Å². The van der Waals surface area contributed by atoms with E-state index in [9.17, 15) is 8.42 Å². The Kier molecular flexibility index (Phi) is 3.25. The number of hydrogen-bond acceptors (Lipinski definition) is 4. The molecule has 2 N–H and O–H groups in total. The van der Waals surface area contributed by atoms with Crippen molar-refractivity contribution in [2.45, 2.75) is 24.5 Å². The summed E-state index contributed by atoms with van der Waals surface area (Å²) < 4.78 is 28.0. The second kappa shape index (κ2) is 4.68. The molecule has 2 aromatic heterocycles. The molecule has 2 aromatic rings. The Morgan fingerprint density at radius 1 is 1.53 bits per heavy atom. The summed E-state index contributed by atoms with van der Waals surface area (Å²) in [4.78, 5) is 3.89. The summed E-state index contributed by atoms with van der Waals surface area (Å²) in [6.45, 7) is 2.31. The van der Waals surface area contributed by atoms with Gasteiger partial charge in [-0.2, -0.15) is 5.10 Å². The van der Waals surface area contributed by atoms with Crippen LogP contribution in [0.25, 0.3) is 0 Å². The Balaban J connectivity index is 2.01. The van der Waals surface area contributed by atoms with Crippen LogP contribution < -0.4 is 4.72 Å². The summed E-state index contributed by atoms with van der Waals surface area (Å²) in [5.41, 5.74) is 0. The van der Waals surface area contributed by atoms with Crippen LogP contribution in [0.4, 0.5) is 0 Å². The Morgan fingerprint density at radius 2 is 2.35 bits per heavy atom. The second-order valence-corrected chi connectivity index (χ2v) is 5.39. The standard InChI is InChI=1S/C9H13N5O2S/c1-8(6-14-5-4-10-7-14)13-17(15,16)9-2-3-11-12-9/h2-5,7-8,13H,6H2,1H3,(H,11,12). The molecule has 0 aromatic carbocycles. The number of sulfonamides is 1. The van der Waals surface area contributed by atoms with Gasteiger partial charge in [0.2, 0.25) is 0 Å².